The molecule has 0 saturated heterocycles. The Balaban J connectivity index is 1.52. The Labute approximate surface area is 200 Å². The van der Waals surface area contributed by atoms with Crippen LogP contribution in [0.25, 0.3) is 6.08 Å². The number of rotatable bonds is 13. The first-order chi connectivity index (χ1) is 16.6. The molecule has 0 bridgehead atoms. The number of carbonyl (C=O) groups excluding carboxylic acids is 1. The first-order valence-electron chi connectivity index (χ1n) is 11.3. The van der Waals surface area contributed by atoms with Crippen LogP contribution < -0.4 is 9.47 Å². The summed E-state index contributed by atoms with van der Waals surface area (Å²) < 4.78 is 12.8. The number of ether oxygens (including phenoxy) is 2. The highest BCUT2D eigenvalue weighted by molar-refractivity contribution is 6.08. The zero-order valence-electron chi connectivity index (χ0n) is 19.3. The van der Waals surface area contributed by atoms with Gasteiger partial charge in [0.2, 0.25) is 0 Å². The lowest BCUT2D eigenvalue weighted by Gasteiger charge is -2.07. The van der Waals surface area contributed by atoms with Crippen LogP contribution in [0.15, 0.2) is 54.7 Å². The number of benzene rings is 2. The minimum Gasteiger partial charge on any atom is -0.507 e. The van der Waals surface area contributed by atoms with Gasteiger partial charge in [-0.25, -0.2) is 0 Å². The molecule has 0 radical (unpaired) electrons. The Morgan fingerprint density at radius 3 is 2.65 bits per heavy atom. The second-order valence-electron chi connectivity index (χ2n) is 7.76. The molecular weight excluding hydrogens is 430 g/mol. The van der Waals surface area contributed by atoms with Crippen LogP contribution in [-0.2, 0) is 13.2 Å². The SMILES string of the molecule is C#CCOc1ccc(/C=C/C(=O)c2ccc(OCc3cn(CCCCCC)nn3)cc2O)cc1. The monoisotopic (exact) mass is 459 g/mol. The molecule has 7 nitrogen and oxygen atoms in total. The minimum absolute atomic E-state index is 0.148. The number of allylic oxidation sites excluding steroid dienone is 1. The van der Waals surface area contributed by atoms with Gasteiger partial charge in [0.05, 0.1) is 11.8 Å². The van der Waals surface area contributed by atoms with Gasteiger partial charge in [0.25, 0.3) is 0 Å². The van der Waals surface area contributed by atoms with Crippen molar-refractivity contribution in [3.05, 3.63) is 71.6 Å². The van der Waals surface area contributed by atoms with E-state index in [4.69, 9.17) is 15.9 Å². The molecule has 0 spiro atoms. The average molecular weight is 460 g/mol. The van der Waals surface area contributed by atoms with Gasteiger partial charge in [0.15, 0.2) is 5.78 Å². The van der Waals surface area contributed by atoms with E-state index in [1.807, 2.05) is 23.0 Å². The van der Waals surface area contributed by atoms with E-state index in [1.165, 1.54) is 31.4 Å². The summed E-state index contributed by atoms with van der Waals surface area (Å²) in [5.74, 6) is 3.04. The van der Waals surface area contributed by atoms with E-state index in [0.717, 1.165) is 18.5 Å². The molecule has 7 heteroatoms. The first-order valence-corrected chi connectivity index (χ1v) is 11.3. The summed E-state index contributed by atoms with van der Waals surface area (Å²) in [6.45, 7) is 3.44. The number of aryl methyl sites for hydroxylation is 1. The Morgan fingerprint density at radius 2 is 1.91 bits per heavy atom. The second kappa shape index (κ2) is 12.9. The molecule has 0 aliphatic carbocycles. The molecule has 3 aromatic rings. The number of phenols is 1. The predicted molar refractivity (Wildman–Crippen MR) is 131 cm³/mol. The number of hydrogen-bond donors (Lipinski definition) is 1. The molecule has 1 aromatic heterocycles. The summed E-state index contributed by atoms with van der Waals surface area (Å²) in [6.07, 6.45) is 14.8. The Morgan fingerprint density at radius 1 is 1.12 bits per heavy atom. The zero-order chi connectivity index (χ0) is 24.2. The van der Waals surface area contributed by atoms with E-state index in [1.54, 1.807) is 30.3 Å². The van der Waals surface area contributed by atoms with Gasteiger partial charge >= 0.3 is 0 Å². The van der Waals surface area contributed by atoms with Crippen molar-refractivity contribution in [3.63, 3.8) is 0 Å². The van der Waals surface area contributed by atoms with Gasteiger partial charge in [-0.15, -0.1) is 11.5 Å². The number of nitrogens with zero attached hydrogens (tertiary/aromatic N) is 3. The molecule has 1 N–H and O–H groups in total. The van der Waals surface area contributed by atoms with E-state index >= 15 is 0 Å². The lowest BCUT2D eigenvalue weighted by molar-refractivity contribution is 0.104. The van der Waals surface area contributed by atoms with Gasteiger partial charge < -0.3 is 14.6 Å². The number of unbranched alkanes of at least 4 members (excludes halogenated alkanes) is 3. The molecule has 0 aliphatic heterocycles. The number of aromatic nitrogens is 3. The largest absolute Gasteiger partial charge is 0.507 e. The maximum absolute atomic E-state index is 12.5. The van der Waals surface area contributed by atoms with Gasteiger partial charge in [0.1, 0.15) is 36.2 Å². The number of terminal acetylenes is 1. The van der Waals surface area contributed by atoms with Crippen LogP contribution in [0, 0.1) is 12.3 Å². The lowest BCUT2D eigenvalue weighted by Crippen LogP contribution is -1.99. The van der Waals surface area contributed by atoms with Crippen molar-refractivity contribution in [2.75, 3.05) is 6.61 Å². The summed E-state index contributed by atoms with van der Waals surface area (Å²) in [6, 6.07) is 11.8. The van der Waals surface area contributed by atoms with Crippen LogP contribution in [0.2, 0.25) is 0 Å². The van der Waals surface area contributed by atoms with Crippen molar-refractivity contribution < 1.29 is 19.4 Å². The average Bonchev–Trinajstić information content (AvgIpc) is 3.31. The van der Waals surface area contributed by atoms with Gasteiger partial charge in [-0.05, 0) is 42.3 Å². The van der Waals surface area contributed by atoms with Crippen molar-refractivity contribution >= 4 is 11.9 Å². The normalized spacial score (nSPS) is 10.8. The third-order valence-corrected chi connectivity index (χ3v) is 5.08. The van der Waals surface area contributed by atoms with Crippen molar-refractivity contribution in [2.45, 2.75) is 45.8 Å². The summed E-state index contributed by atoms with van der Waals surface area (Å²) in [7, 11) is 0. The van der Waals surface area contributed by atoms with Crippen molar-refractivity contribution in [1.82, 2.24) is 15.0 Å². The molecule has 3 rings (SSSR count). The Bertz CT molecular complexity index is 1140. The smallest absolute Gasteiger partial charge is 0.189 e. The maximum atomic E-state index is 12.5. The van der Waals surface area contributed by atoms with Gasteiger partial charge in [-0.1, -0.05) is 55.5 Å². The molecule has 0 atom stereocenters. The lowest BCUT2D eigenvalue weighted by atomic mass is 10.1. The Kier molecular flexibility index (Phi) is 9.29. The summed E-state index contributed by atoms with van der Waals surface area (Å²) in [5, 5.41) is 18.6. The van der Waals surface area contributed by atoms with Crippen LogP contribution in [-0.4, -0.2) is 32.5 Å². The van der Waals surface area contributed by atoms with Gasteiger partial charge in [-0.2, -0.15) is 0 Å². The standard InChI is InChI=1S/C27H29N3O4/c1-3-5-6-7-16-30-19-22(28-29-30)20-34-24-13-14-25(27(32)18-24)26(31)15-10-21-8-11-23(12-9-21)33-17-4-2/h2,8-15,18-19,32H,3,5-7,16-17,20H2,1H3/b15-10+. The number of aromatic hydroxyl groups is 1. The molecule has 0 amide bonds. The maximum Gasteiger partial charge on any atom is 0.189 e. The molecular formula is C27H29N3O4. The predicted octanol–water partition coefficient (Wildman–Crippen LogP) is 5.05. The summed E-state index contributed by atoms with van der Waals surface area (Å²) >= 11 is 0. The van der Waals surface area contributed by atoms with Crippen LogP contribution in [0.3, 0.4) is 0 Å². The van der Waals surface area contributed by atoms with Crippen LogP contribution in [0.5, 0.6) is 17.2 Å². The van der Waals surface area contributed by atoms with Crippen LogP contribution in [0.4, 0.5) is 0 Å². The quantitative estimate of drug-likeness (QED) is 0.167. The van der Waals surface area contributed by atoms with Gasteiger partial charge in [0, 0.05) is 12.6 Å². The first kappa shape index (κ1) is 24.6. The van der Waals surface area contributed by atoms with Crippen molar-refractivity contribution in [3.8, 4) is 29.6 Å². The van der Waals surface area contributed by atoms with Crippen LogP contribution in [0.1, 0.15) is 54.2 Å². The Hall–Kier alpha value is -4.05. The molecule has 176 valence electrons. The van der Waals surface area contributed by atoms with E-state index in [0.29, 0.717) is 17.2 Å². The zero-order valence-corrected chi connectivity index (χ0v) is 19.3. The van der Waals surface area contributed by atoms with E-state index in [2.05, 4.69) is 23.2 Å². The second-order valence-corrected chi connectivity index (χ2v) is 7.76. The molecule has 0 unspecified atom stereocenters. The fourth-order valence-electron chi connectivity index (χ4n) is 3.24. The third-order valence-electron chi connectivity index (χ3n) is 5.08. The minimum atomic E-state index is -0.317. The van der Waals surface area contributed by atoms with Gasteiger partial charge in [-0.3, -0.25) is 9.48 Å². The topological polar surface area (TPSA) is 86.5 Å². The van der Waals surface area contributed by atoms with E-state index in [9.17, 15) is 9.90 Å². The van der Waals surface area contributed by atoms with E-state index in [-0.39, 0.29) is 30.3 Å². The summed E-state index contributed by atoms with van der Waals surface area (Å²) in [5.41, 5.74) is 1.71. The third kappa shape index (κ3) is 7.52. The number of carbonyl (C=O) groups is 1. The molecule has 1 heterocycles. The van der Waals surface area contributed by atoms with Crippen LogP contribution >= 0.6 is 0 Å². The van der Waals surface area contributed by atoms with Crippen molar-refractivity contribution in [2.24, 2.45) is 0 Å². The van der Waals surface area contributed by atoms with Crippen molar-refractivity contribution in [1.29, 1.82) is 0 Å². The fourth-order valence-corrected chi connectivity index (χ4v) is 3.24. The molecule has 0 fully saturated rings. The number of ketones is 1. The molecule has 0 aliphatic rings. The van der Waals surface area contributed by atoms with E-state index < -0.39 is 0 Å². The molecule has 0 saturated carbocycles. The fraction of sp³-hybridized carbons (Fsp3) is 0.296. The molecule has 2 aromatic carbocycles. The summed E-state index contributed by atoms with van der Waals surface area (Å²) in [4.78, 5) is 12.5. The highest BCUT2D eigenvalue weighted by Crippen LogP contribution is 2.25. The highest BCUT2D eigenvalue weighted by atomic mass is 16.5. The number of phenolic OH excluding ortho intramolecular Hbond substituents is 1. The molecule has 34 heavy (non-hydrogen) atoms. The highest BCUT2D eigenvalue weighted by Gasteiger charge is 2.10. The number of hydrogen-bond acceptors (Lipinski definition) is 6.